The van der Waals surface area contributed by atoms with Gasteiger partial charge in [0.2, 0.25) is 0 Å². The fourth-order valence-corrected chi connectivity index (χ4v) is 5.15. The minimum atomic E-state index is -3.82. The summed E-state index contributed by atoms with van der Waals surface area (Å²) in [5, 5.41) is 5.14. The fourth-order valence-electron chi connectivity index (χ4n) is 3.50. The maximum atomic E-state index is 13.4. The molecule has 0 N–H and O–H groups in total. The van der Waals surface area contributed by atoms with E-state index in [1.807, 2.05) is 55.4 Å². The van der Waals surface area contributed by atoms with Crippen LogP contribution in [0.4, 0.5) is 5.69 Å². The molecule has 30 heavy (non-hydrogen) atoms. The summed E-state index contributed by atoms with van der Waals surface area (Å²) in [6.45, 7) is 0. The molecule has 0 saturated carbocycles. The zero-order valence-corrected chi connectivity index (χ0v) is 18.3. The van der Waals surface area contributed by atoms with Gasteiger partial charge in [-0.3, -0.25) is 0 Å². The Balaban J connectivity index is 1.77. The molecule has 3 aromatic rings. The Kier molecular flexibility index (Phi) is 5.54. The van der Waals surface area contributed by atoms with Crippen LogP contribution in [0, 0.1) is 0 Å². The van der Waals surface area contributed by atoms with Crippen LogP contribution in [0.25, 0.3) is 0 Å². The first-order valence-corrected chi connectivity index (χ1v) is 11.4. The molecular weight excluding hydrogens is 418 g/mol. The predicted octanol–water partition coefficient (Wildman–Crippen LogP) is 4.95. The van der Waals surface area contributed by atoms with Gasteiger partial charge in [0.25, 0.3) is 10.0 Å². The monoisotopic (exact) mass is 439 g/mol. The molecule has 1 aliphatic rings. The minimum Gasteiger partial charge on any atom is -0.378 e. The molecule has 0 spiro atoms. The summed E-state index contributed by atoms with van der Waals surface area (Å²) in [7, 11) is 0.138. The highest BCUT2D eigenvalue weighted by Crippen LogP contribution is 2.38. The fraction of sp³-hybridized carbons (Fsp3) is 0.174. The molecule has 1 heterocycles. The Hall–Kier alpha value is -2.83. The first-order chi connectivity index (χ1) is 14.4. The van der Waals surface area contributed by atoms with Crippen molar-refractivity contribution in [3.63, 3.8) is 0 Å². The summed E-state index contributed by atoms with van der Waals surface area (Å²) in [5.74, 6) is 0. The van der Waals surface area contributed by atoms with Gasteiger partial charge in [0.05, 0.1) is 16.6 Å². The van der Waals surface area contributed by atoms with Crippen molar-refractivity contribution in [2.45, 2.75) is 17.4 Å². The molecule has 0 amide bonds. The molecule has 0 radical (unpaired) electrons. The van der Waals surface area contributed by atoms with E-state index < -0.39 is 16.1 Å². The molecule has 0 saturated heterocycles. The summed E-state index contributed by atoms with van der Waals surface area (Å²) in [4.78, 5) is 2.23. The third kappa shape index (κ3) is 3.93. The lowest BCUT2D eigenvalue weighted by Gasteiger charge is -2.23. The van der Waals surface area contributed by atoms with E-state index in [1.165, 1.54) is 4.41 Å². The number of anilines is 1. The number of benzene rings is 3. The average molecular weight is 440 g/mol. The number of hydrogen-bond donors (Lipinski definition) is 0. The van der Waals surface area contributed by atoms with E-state index in [-0.39, 0.29) is 4.90 Å². The molecule has 0 bridgehead atoms. The summed E-state index contributed by atoms with van der Waals surface area (Å²) in [5.41, 5.74) is 3.51. The normalized spacial score (nSPS) is 16.4. The predicted molar refractivity (Wildman–Crippen MR) is 122 cm³/mol. The lowest BCUT2D eigenvalue weighted by Crippen LogP contribution is -2.27. The number of hydrazone groups is 1. The van der Waals surface area contributed by atoms with Gasteiger partial charge in [-0.25, -0.2) is 0 Å². The Labute approximate surface area is 182 Å². The molecular formula is C23H22ClN3O2S. The molecule has 4 rings (SSSR count). The summed E-state index contributed by atoms with van der Waals surface area (Å²) < 4.78 is 28.0. The number of rotatable bonds is 5. The third-order valence-electron chi connectivity index (χ3n) is 5.11. The second-order valence-corrected chi connectivity index (χ2v) is 9.59. The van der Waals surface area contributed by atoms with E-state index in [0.717, 1.165) is 22.5 Å². The van der Waals surface area contributed by atoms with E-state index in [1.54, 1.807) is 42.5 Å². The van der Waals surface area contributed by atoms with Gasteiger partial charge in [0, 0.05) is 31.2 Å². The van der Waals surface area contributed by atoms with Crippen LogP contribution in [0.2, 0.25) is 5.02 Å². The quantitative estimate of drug-likeness (QED) is 0.565. The zero-order chi connectivity index (χ0) is 21.3. The van der Waals surface area contributed by atoms with Crippen LogP contribution in [0.5, 0.6) is 0 Å². The minimum absolute atomic E-state index is 0.213. The zero-order valence-electron chi connectivity index (χ0n) is 16.7. The van der Waals surface area contributed by atoms with E-state index >= 15 is 0 Å². The maximum absolute atomic E-state index is 13.4. The van der Waals surface area contributed by atoms with E-state index in [0.29, 0.717) is 11.4 Å². The SMILES string of the molecule is CN(C)c1ccc(C2=NN(S(=O)(=O)c3ccccc3)[C@@H](c3cccc(Cl)c3)C2)cc1. The largest absolute Gasteiger partial charge is 0.378 e. The van der Waals surface area contributed by atoms with Gasteiger partial charge >= 0.3 is 0 Å². The van der Waals surface area contributed by atoms with Gasteiger partial charge in [-0.15, -0.1) is 0 Å². The van der Waals surface area contributed by atoms with Crippen molar-refractivity contribution in [2.24, 2.45) is 5.10 Å². The molecule has 5 nitrogen and oxygen atoms in total. The highest BCUT2D eigenvalue weighted by atomic mass is 35.5. The molecule has 1 atom stereocenters. The van der Waals surface area contributed by atoms with Crippen molar-refractivity contribution in [3.8, 4) is 0 Å². The molecule has 0 unspecified atom stereocenters. The van der Waals surface area contributed by atoms with Crippen molar-refractivity contribution >= 4 is 33.0 Å². The summed E-state index contributed by atoms with van der Waals surface area (Å²) in [6.07, 6.45) is 0.466. The molecule has 0 aliphatic carbocycles. The van der Waals surface area contributed by atoms with Crippen LogP contribution in [0.15, 0.2) is 88.9 Å². The Morgan fingerprint density at radius 2 is 1.67 bits per heavy atom. The van der Waals surface area contributed by atoms with Crippen molar-refractivity contribution in [2.75, 3.05) is 19.0 Å². The van der Waals surface area contributed by atoms with Crippen LogP contribution in [-0.2, 0) is 10.0 Å². The van der Waals surface area contributed by atoms with Crippen molar-refractivity contribution in [3.05, 3.63) is 95.0 Å². The summed E-state index contributed by atoms with van der Waals surface area (Å²) in [6, 6.07) is 23.2. The second kappa shape index (κ2) is 8.13. The standard InChI is InChI=1S/C23H22ClN3O2S/c1-26(2)20-13-11-17(12-14-20)22-16-23(18-7-6-8-19(24)15-18)27(25-22)30(28,29)21-9-4-3-5-10-21/h3-15,23H,16H2,1-2H3/t23-/m1/s1. The molecule has 3 aromatic carbocycles. The molecule has 1 aliphatic heterocycles. The molecule has 154 valence electrons. The van der Waals surface area contributed by atoms with Crippen LogP contribution >= 0.6 is 11.6 Å². The van der Waals surface area contributed by atoms with Gasteiger partial charge in [-0.05, 0) is 47.5 Å². The smallest absolute Gasteiger partial charge is 0.279 e. The Morgan fingerprint density at radius 1 is 0.967 bits per heavy atom. The number of hydrogen-bond acceptors (Lipinski definition) is 4. The highest BCUT2D eigenvalue weighted by molar-refractivity contribution is 7.89. The van der Waals surface area contributed by atoms with Gasteiger partial charge in [-0.1, -0.05) is 54.1 Å². The van der Waals surface area contributed by atoms with Crippen molar-refractivity contribution in [1.82, 2.24) is 4.41 Å². The third-order valence-corrected chi connectivity index (χ3v) is 7.04. The van der Waals surface area contributed by atoms with Crippen LogP contribution in [-0.4, -0.2) is 32.6 Å². The van der Waals surface area contributed by atoms with Gasteiger partial charge in [0.15, 0.2) is 0 Å². The van der Waals surface area contributed by atoms with Crippen molar-refractivity contribution < 1.29 is 8.42 Å². The highest BCUT2D eigenvalue weighted by Gasteiger charge is 2.37. The van der Waals surface area contributed by atoms with E-state index in [9.17, 15) is 8.42 Å². The summed E-state index contributed by atoms with van der Waals surface area (Å²) >= 11 is 6.19. The average Bonchev–Trinajstić information content (AvgIpc) is 3.21. The first-order valence-electron chi connectivity index (χ1n) is 9.56. The number of nitrogens with zero attached hydrogens (tertiary/aromatic N) is 3. The van der Waals surface area contributed by atoms with Crippen molar-refractivity contribution in [1.29, 1.82) is 0 Å². The van der Waals surface area contributed by atoms with Gasteiger partial charge < -0.3 is 4.90 Å². The topological polar surface area (TPSA) is 53.0 Å². The van der Waals surface area contributed by atoms with Crippen LogP contribution in [0.3, 0.4) is 0 Å². The lowest BCUT2D eigenvalue weighted by atomic mass is 9.99. The van der Waals surface area contributed by atoms with Crippen LogP contribution in [0.1, 0.15) is 23.6 Å². The molecule has 7 heteroatoms. The molecule has 0 aromatic heterocycles. The number of halogens is 1. The first kappa shape index (κ1) is 20.4. The van der Waals surface area contributed by atoms with Gasteiger partial charge in [-0.2, -0.15) is 17.9 Å². The Morgan fingerprint density at radius 3 is 2.30 bits per heavy atom. The van der Waals surface area contributed by atoms with E-state index in [4.69, 9.17) is 11.6 Å². The van der Waals surface area contributed by atoms with E-state index in [2.05, 4.69) is 5.10 Å². The second-order valence-electron chi connectivity index (χ2n) is 7.35. The maximum Gasteiger partial charge on any atom is 0.279 e. The van der Waals surface area contributed by atoms with Gasteiger partial charge in [0.1, 0.15) is 0 Å². The van der Waals surface area contributed by atoms with Crippen LogP contribution < -0.4 is 4.90 Å². The lowest BCUT2D eigenvalue weighted by molar-refractivity contribution is 0.371. The molecule has 0 fully saturated rings. The Bertz CT molecular complexity index is 1180. The number of sulfonamides is 1.